The normalized spacial score (nSPS) is 12.2. The minimum absolute atomic E-state index is 0.202. The molecule has 0 aliphatic carbocycles. The number of unbranched alkanes of at least 4 members (excludes halogenated alkanes) is 1. The summed E-state index contributed by atoms with van der Waals surface area (Å²) in [4.78, 5) is 12.7. The van der Waals surface area contributed by atoms with E-state index in [4.69, 9.17) is 4.74 Å². The summed E-state index contributed by atoms with van der Waals surface area (Å²) in [6.45, 7) is 4.26. The van der Waals surface area contributed by atoms with Crippen molar-refractivity contribution in [2.24, 2.45) is 5.92 Å². The summed E-state index contributed by atoms with van der Waals surface area (Å²) in [5, 5.41) is 14.2. The molecule has 3 heteroatoms. The summed E-state index contributed by atoms with van der Waals surface area (Å²) in [7, 11) is 0. The zero-order valence-corrected chi connectivity index (χ0v) is 18.1. The number of carbonyl (C=O) groups excluding carboxylic acids is 1. The van der Waals surface area contributed by atoms with Gasteiger partial charge in [-0.3, -0.25) is 4.79 Å². The van der Waals surface area contributed by atoms with Crippen molar-refractivity contribution in [3.05, 3.63) is 72.8 Å². The number of hydrogen-bond acceptors (Lipinski definition) is 3. The van der Waals surface area contributed by atoms with Gasteiger partial charge in [-0.25, -0.2) is 0 Å². The lowest BCUT2D eigenvalue weighted by Gasteiger charge is -2.15. The predicted octanol–water partition coefficient (Wildman–Crippen LogP) is 7.49. The maximum absolute atomic E-state index is 12.7. The van der Waals surface area contributed by atoms with E-state index in [9.17, 15) is 9.90 Å². The lowest BCUT2D eigenvalue weighted by molar-refractivity contribution is -0.135. The van der Waals surface area contributed by atoms with Gasteiger partial charge in [0.25, 0.3) is 0 Å². The van der Waals surface area contributed by atoms with Crippen molar-refractivity contribution in [2.45, 2.75) is 39.5 Å². The molecule has 0 radical (unpaired) electrons. The Morgan fingerprint density at radius 2 is 1.45 bits per heavy atom. The van der Waals surface area contributed by atoms with Gasteiger partial charge in [-0.05, 0) is 39.9 Å². The van der Waals surface area contributed by atoms with Crippen LogP contribution in [0.15, 0.2) is 72.8 Å². The van der Waals surface area contributed by atoms with E-state index in [1.54, 1.807) is 6.07 Å². The maximum atomic E-state index is 12.7. The fourth-order valence-corrected chi connectivity index (χ4v) is 4.27. The van der Waals surface area contributed by atoms with Crippen LogP contribution in [0.3, 0.4) is 0 Å². The molecule has 1 atom stereocenters. The Morgan fingerprint density at radius 3 is 2.13 bits per heavy atom. The fraction of sp³-hybridized carbons (Fsp3) is 0.250. The van der Waals surface area contributed by atoms with Crippen molar-refractivity contribution < 1.29 is 14.6 Å². The summed E-state index contributed by atoms with van der Waals surface area (Å²) in [6, 6.07) is 23.3. The molecule has 0 unspecified atom stereocenters. The largest absolute Gasteiger partial charge is 0.507 e. The first-order valence-corrected chi connectivity index (χ1v) is 11.0. The van der Waals surface area contributed by atoms with E-state index >= 15 is 0 Å². The highest BCUT2D eigenvalue weighted by Crippen LogP contribution is 2.41. The van der Waals surface area contributed by atoms with Crippen molar-refractivity contribution in [1.29, 1.82) is 0 Å². The highest BCUT2D eigenvalue weighted by molar-refractivity contribution is 6.09. The van der Waals surface area contributed by atoms with Crippen molar-refractivity contribution in [3.63, 3.8) is 0 Å². The van der Waals surface area contributed by atoms with Crippen LogP contribution in [-0.4, -0.2) is 11.1 Å². The standard InChI is InChI=1S/C28H28O3/c1-3-4-9-19(2)18-26(30)31-25-17-8-13-21-11-6-15-23(28(21)25)22-14-5-10-20-12-7-16-24(29)27(20)22/h5-8,10-17,19,29H,3-4,9,18H2,1-2H3/t19-/m0/s1. The number of carbonyl (C=O) groups is 1. The van der Waals surface area contributed by atoms with E-state index in [2.05, 4.69) is 13.8 Å². The molecule has 158 valence electrons. The lowest BCUT2D eigenvalue weighted by Crippen LogP contribution is -2.12. The third-order valence-corrected chi connectivity index (χ3v) is 5.83. The van der Waals surface area contributed by atoms with E-state index in [0.717, 1.165) is 51.9 Å². The summed E-state index contributed by atoms with van der Waals surface area (Å²) < 4.78 is 5.88. The summed E-state index contributed by atoms with van der Waals surface area (Å²) in [5.74, 6) is 0.904. The van der Waals surface area contributed by atoms with Gasteiger partial charge in [-0.2, -0.15) is 0 Å². The van der Waals surface area contributed by atoms with Crippen LogP contribution in [0.2, 0.25) is 0 Å². The molecule has 0 saturated heterocycles. The van der Waals surface area contributed by atoms with Gasteiger partial charge in [0.05, 0.1) is 0 Å². The molecule has 3 nitrogen and oxygen atoms in total. The number of phenolic OH excluding ortho intramolecular Hbond substituents is 1. The molecular weight excluding hydrogens is 384 g/mol. The van der Waals surface area contributed by atoms with Gasteiger partial charge in [-0.15, -0.1) is 0 Å². The summed E-state index contributed by atoms with van der Waals surface area (Å²) >= 11 is 0. The first-order valence-electron chi connectivity index (χ1n) is 11.0. The van der Waals surface area contributed by atoms with Crippen LogP contribution in [0.25, 0.3) is 32.7 Å². The highest BCUT2D eigenvalue weighted by Gasteiger charge is 2.17. The van der Waals surface area contributed by atoms with Gasteiger partial charge in [-0.1, -0.05) is 93.8 Å². The molecular formula is C28H28O3. The van der Waals surface area contributed by atoms with Crippen LogP contribution in [0.1, 0.15) is 39.5 Å². The second kappa shape index (κ2) is 9.22. The average molecular weight is 413 g/mol. The number of benzene rings is 4. The summed E-state index contributed by atoms with van der Waals surface area (Å²) in [6.07, 6.45) is 3.69. The quantitative estimate of drug-likeness (QED) is 0.253. The first kappa shape index (κ1) is 20.9. The zero-order valence-electron chi connectivity index (χ0n) is 18.1. The number of aromatic hydroxyl groups is 1. The zero-order chi connectivity index (χ0) is 21.8. The molecule has 0 aliphatic heterocycles. The van der Waals surface area contributed by atoms with E-state index in [0.29, 0.717) is 18.1 Å². The maximum Gasteiger partial charge on any atom is 0.311 e. The average Bonchev–Trinajstić information content (AvgIpc) is 2.77. The molecule has 31 heavy (non-hydrogen) atoms. The van der Waals surface area contributed by atoms with Crippen LogP contribution in [0, 0.1) is 5.92 Å². The minimum Gasteiger partial charge on any atom is -0.507 e. The number of rotatable bonds is 7. The minimum atomic E-state index is -0.202. The lowest BCUT2D eigenvalue weighted by atomic mass is 9.93. The van der Waals surface area contributed by atoms with Crippen molar-refractivity contribution >= 4 is 27.5 Å². The van der Waals surface area contributed by atoms with Gasteiger partial charge in [0.2, 0.25) is 0 Å². The molecule has 0 amide bonds. The summed E-state index contributed by atoms with van der Waals surface area (Å²) in [5.41, 5.74) is 1.85. The van der Waals surface area contributed by atoms with Crippen molar-refractivity contribution in [3.8, 4) is 22.6 Å². The van der Waals surface area contributed by atoms with E-state index < -0.39 is 0 Å². The molecule has 4 rings (SSSR count). The third kappa shape index (κ3) is 4.41. The second-order valence-corrected chi connectivity index (χ2v) is 8.27. The van der Waals surface area contributed by atoms with Crippen molar-refractivity contribution in [2.75, 3.05) is 0 Å². The molecule has 0 saturated carbocycles. The number of ether oxygens (including phenoxy) is 1. The second-order valence-electron chi connectivity index (χ2n) is 8.27. The molecule has 0 bridgehead atoms. The highest BCUT2D eigenvalue weighted by atomic mass is 16.5. The van der Waals surface area contributed by atoms with Crippen LogP contribution >= 0.6 is 0 Å². The van der Waals surface area contributed by atoms with Gasteiger partial charge >= 0.3 is 5.97 Å². The Kier molecular flexibility index (Phi) is 6.22. The van der Waals surface area contributed by atoms with E-state index in [-0.39, 0.29) is 11.7 Å². The molecule has 0 heterocycles. The number of hydrogen-bond donors (Lipinski definition) is 1. The van der Waals surface area contributed by atoms with Gasteiger partial charge in [0.1, 0.15) is 11.5 Å². The third-order valence-electron chi connectivity index (χ3n) is 5.83. The molecule has 4 aromatic carbocycles. The van der Waals surface area contributed by atoms with E-state index in [1.807, 2.05) is 66.7 Å². The topological polar surface area (TPSA) is 46.5 Å². The van der Waals surface area contributed by atoms with Crippen LogP contribution in [-0.2, 0) is 4.79 Å². The molecule has 0 aliphatic rings. The molecule has 0 spiro atoms. The molecule has 4 aromatic rings. The Bertz CT molecular complexity index is 1220. The fourth-order valence-electron chi connectivity index (χ4n) is 4.27. The van der Waals surface area contributed by atoms with Crippen LogP contribution in [0.4, 0.5) is 0 Å². The van der Waals surface area contributed by atoms with Crippen LogP contribution < -0.4 is 4.74 Å². The molecule has 0 aromatic heterocycles. The van der Waals surface area contributed by atoms with E-state index in [1.165, 1.54) is 0 Å². The SMILES string of the molecule is CCCC[C@H](C)CC(=O)Oc1cccc2cccc(-c3cccc4cccc(O)c34)c12. The monoisotopic (exact) mass is 412 g/mol. The Labute approximate surface area is 183 Å². The smallest absolute Gasteiger partial charge is 0.311 e. The molecule has 1 N–H and O–H groups in total. The van der Waals surface area contributed by atoms with Crippen molar-refractivity contribution in [1.82, 2.24) is 0 Å². The Hall–Kier alpha value is -3.33. The Balaban J connectivity index is 1.78. The number of esters is 1. The number of phenols is 1. The van der Waals surface area contributed by atoms with Gasteiger partial charge in [0, 0.05) is 17.2 Å². The van der Waals surface area contributed by atoms with Gasteiger partial charge < -0.3 is 9.84 Å². The predicted molar refractivity (Wildman–Crippen MR) is 127 cm³/mol. The Morgan fingerprint density at radius 1 is 0.871 bits per heavy atom. The van der Waals surface area contributed by atoms with Crippen LogP contribution in [0.5, 0.6) is 11.5 Å². The first-order chi connectivity index (χ1) is 15.1. The molecule has 0 fully saturated rings. The van der Waals surface area contributed by atoms with Gasteiger partial charge in [0.15, 0.2) is 0 Å². The number of fused-ring (bicyclic) bond motifs is 2.